The van der Waals surface area contributed by atoms with E-state index in [1.54, 1.807) is 18.5 Å². The van der Waals surface area contributed by atoms with Crippen LogP contribution in [0.3, 0.4) is 0 Å². The quantitative estimate of drug-likeness (QED) is 0.227. The fraction of sp³-hybridized carbons (Fsp3) is 0.286. The van der Waals surface area contributed by atoms with Crippen LogP contribution in [-0.2, 0) is 0 Å². The van der Waals surface area contributed by atoms with Crippen molar-refractivity contribution in [3.8, 4) is 28.1 Å². The van der Waals surface area contributed by atoms with Gasteiger partial charge in [0.05, 0.1) is 11.4 Å². The third kappa shape index (κ3) is 5.10. The summed E-state index contributed by atoms with van der Waals surface area (Å²) < 4.78 is 20.6. The van der Waals surface area contributed by atoms with Crippen LogP contribution in [0.15, 0.2) is 73.2 Å². The molecule has 186 valence electrons. The van der Waals surface area contributed by atoms with Crippen LogP contribution in [0.2, 0.25) is 0 Å². The molecule has 1 unspecified atom stereocenters. The second-order valence-electron chi connectivity index (χ2n) is 8.95. The highest BCUT2D eigenvalue weighted by molar-refractivity contribution is 8.00. The van der Waals surface area contributed by atoms with Crippen molar-refractivity contribution >= 4 is 23.3 Å². The van der Waals surface area contributed by atoms with Gasteiger partial charge in [-0.05, 0) is 55.8 Å². The van der Waals surface area contributed by atoms with E-state index in [0.29, 0.717) is 17.3 Å². The molecular weight excluding hydrogens is 471 g/mol. The molecule has 6 nitrogen and oxygen atoms in total. The Morgan fingerprint density at radius 3 is 2.58 bits per heavy atom. The summed E-state index contributed by atoms with van der Waals surface area (Å²) in [7, 11) is 0. The molecule has 2 N–H and O–H groups in total. The van der Waals surface area contributed by atoms with Crippen LogP contribution in [0.25, 0.3) is 28.1 Å². The number of hydrogen-bond donors (Lipinski definition) is 2. The molecule has 1 aliphatic rings. The van der Waals surface area contributed by atoms with E-state index in [1.165, 1.54) is 17.6 Å². The molecule has 1 fully saturated rings. The summed E-state index contributed by atoms with van der Waals surface area (Å²) in [5.41, 5.74) is 5.47. The lowest BCUT2D eigenvalue weighted by Gasteiger charge is -2.36. The summed E-state index contributed by atoms with van der Waals surface area (Å²) >= 11 is 1.51. The van der Waals surface area contributed by atoms with Crippen LogP contribution in [0.1, 0.15) is 20.3 Å². The number of halogens is 1. The molecule has 8 heteroatoms. The van der Waals surface area contributed by atoms with Crippen molar-refractivity contribution in [2.75, 3.05) is 35.0 Å². The van der Waals surface area contributed by atoms with Gasteiger partial charge in [-0.1, -0.05) is 31.0 Å². The number of anilines is 2. The monoisotopic (exact) mass is 502 g/mol. The van der Waals surface area contributed by atoms with Crippen LogP contribution < -0.4 is 14.9 Å². The van der Waals surface area contributed by atoms with Crippen LogP contribution in [0.4, 0.5) is 15.8 Å². The van der Waals surface area contributed by atoms with E-state index >= 15 is 4.39 Å². The highest BCUT2D eigenvalue weighted by Crippen LogP contribution is 2.36. The average Bonchev–Trinajstić information content (AvgIpc) is 3.36. The Kier molecular flexibility index (Phi) is 7.53. The number of hydrogen-bond acceptors (Lipinski definition) is 6. The zero-order valence-corrected chi connectivity index (χ0v) is 21.4. The first-order valence-corrected chi connectivity index (χ1v) is 13.4. The van der Waals surface area contributed by atoms with Gasteiger partial charge in [0.1, 0.15) is 5.69 Å². The van der Waals surface area contributed by atoms with E-state index in [2.05, 4.69) is 58.0 Å². The Labute approximate surface area is 216 Å². The molecule has 1 atom stereocenters. The van der Waals surface area contributed by atoms with Gasteiger partial charge in [-0.2, -0.15) is 5.10 Å². The first-order chi connectivity index (χ1) is 17.7. The van der Waals surface area contributed by atoms with Gasteiger partial charge >= 0.3 is 0 Å². The lowest BCUT2D eigenvalue weighted by Crippen LogP contribution is -2.49. The number of piperazine rings is 1. The van der Waals surface area contributed by atoms with E-state index in [-0.39, 0.29) is 5.82 Å². The number of nitrogens with zero attached hydrogens (tertiary/aromatic N) is 4. The van der Waals surface area contributed by atoms with Crippen LogP contribution in [0.5, 0.6) is 0 Å². The van der Waals surface area contributed by atoms with Gasteiger partial charge in [0.15, 0.2) is 5.82 Å². The molecule has 2 aromatic carbocycles. The summed E-state index contributed by atoms with van der Waals surface area (Å²) in [5, 5.41) is 8.34. The fourth-order valence-corrected chi connectivity index (χ4v) is 5.12. The van der Waals surface area contributed by atoms with Crippen LogP contribution in [-0.4, -0.2) is 46.2 Å². The maximum Gasteiger partial charge on any atom is 0.155 e. The summed E-state index contributed by atoms with van der Waals surface area (Å²) in [5.74, 6) is 0.631. The fourth-order valence-electron chi connectivity index (χ4n) is 4.50. The van der Waals surface area contributed by atoms with Gasteiger partial charge in [0.25, 0.3) is 0 Å². The van der Waals surface area contributed by atoms with Crippen molar-refractivity contribution < 1.29 is 4.39 Å². The van der Waals surface area contributed by atoms with Crippen molar-refractivity contribution in [2.24, 2.45) is 0 Å². The predicted molar refractivity (Wildman–Crippen MR) is 148 cm³/mol. The number of benzene rings is 2. The van der Waals surface area contributed by atoms with Gasteiger partial charge in [0, 0.05) is 72.4 Å². The standard InChI is InChI=1S/C28H31FN6S/c1-3-17-36-33-26-6-4-5-24(27(26)29)25-19-35(32-28(25)21-11-13-30-14-12-21)23-9-7-22(8-10-23)34-16-15-31-18-20(34)2/h4-14,19-20,31,33H,3,15-18H2,1-2H3. The highest BCUT2D eigenvalue weighted by atomic mass is 32.2. The van der Waals surface area contributed by atoms with E-state index in [4.69, 9.17) is 5.10 Å². The molecule has 36 heavy (non-hydrogen) atoms. The Balaban J connectivity index is 1.52. The lowest BCUT2D eigenvalue weighted by molar-refractivity contribution is 0.501. The summed E-state index contributed by atoms with van der Waals surface area (Å²) in [6.07, 6.45) is 6.40. The molecule has 4 aromatic rings. The third-order valence-corrected chi connectivity index (χ3v) is 7.37. The second kappa shape index (κ2) is 11.1. The molecule has 0 amide bonds. The van der Waals surface area contributed by atoms with Gasteiger partial charge in [0.2, 0.25) is 0 Å². The Morgan fingerprint density at radius 2 is 1.83 bits per heavy atom. The molecule has 0 bridgehead atoms. The highest BCUT2D eigenvalue weighted by Gasteiger charge is 2.20. The van der Waals surface area contributed by atoms with E-state index in [9.17, 15) is 0 Å². The largest absolute Gasteiger partial charge is 0.366 e. The van der Waals surface area contributed by atoms with Gasteiger partial charge in [-0.25, -0.2) is 9.07 Å². The van der Waals surface area contributed by atoms with E-state index in [1.807, 2.05) is 35.1 Å². The molecule has 3 heterocycles. The molecule has 0 aliphatic carbocycles. The Bertz CT molecular complexity index is 1290. The molecule has 0 radical (unpaired) electrons. The van der Waals surface area contributed by atoms with Crippen molar-refractivity contribution in [1.29, 1.82) is 0 Å². The van der Waals surface area contributed by atoms with Crippen LogP contribution >= 0.6 is 11.9 Å². The minimum atomic E-state index is -0.279. The van der Waals surface area contributed by atoms with Gasteiger partial charge in [-0.3, -0.25) is 4.98 Å². The first kappa shape index (κ1) is 24.3. The SMILES string of the molecule is CCCSNc1cccc(-c2cn(-c3ccc(N4CCNCC4C)cc3)nc2-c2ccncc2)c1F. The second-order valence-corrected chi connectivity index (χ2v) is 9.85. The van der Waals surface area contributed by atoms with Crippen molar-refractivity contribution in [3.05, 3.63) is 79.0 Å². The van der Waals surface area contributed by atoms with Crippen molar-refractivity contribution in [2.45, 2.75) is 26.3 Å². The number of aromatic nitrogens is 3. The first-order valence-electron chi connectivity index (χ1n) is 12.4. The number of rotatable bonds is 8. The van der Waals surface area contributed by atoms with Crippen molar-refractivity contribution in [3.63, 3.8) is 0 Å². The van der Waals surface area contributed by atoms with Gasteiger partial charge < -0.3 is 14.9 Å². The summed E-state index contributed by atoms with van der Waals surface area (Å²) in [6.45, 7) is 7.29. The molecule has 1 saturated heterocycles. The molecule has 0 saturated carbocycles. The zero-order chi connectivity index (χ0) is 24.9. The maximum absolute atomic E-state index is 15.7. The van der Waals surface area contributed by atoms with Crippen LogP contribution in [0, 0.1) is 5.82 Å². The minimum absolute atomic E-state index is 0.279. The van der Waals surface area contributed by atoms with E-state index in [0.717, 1.165) is 54.3 Å². The normalized spacial score (nSPS) is 15.8. The topological polar surface area (TPSA) is 58.0 Å². The summed E-state index contributed by atoms with van der Waals surface area (Å²) in [6, 6.07) is 18.1. The Hall–Kier alpha value is -3.36. The number of pyridine rings is 1. The maximum atomic E-state index is 15.7. The molecule has 2 aromatic heterocycles. The molecule has 5 rings (SSSR count). The number of nitrogens with one attached hydrogen (secondary N) is 2. The van der Waals surface area contributed by atoms with Gasteiger partial charge in [-0.15, -0.1) is 0 Å². The Morgan fingerprint density at radius 1 is 1.06 bits per heavy atom. The molecular formula is C28H31FN6S. The zero-order valence-electron chi connectivity index (χ0n) is 20.6. The summed E-state index contributed by atoms with van der Waals surface area (Å²) in [4.78, 5) is 6.56. The molecule has 1 aliphatic heterocycles. The third-order valence-electron chi connectivity index (χ3n) is 6.39. The predicted octanol–water partition coefficient (Wildman–Crippen LogP) is 6.01. The lowest BCUT2D eigenvalue weighted by atomic mass is 10.0. The van der Waals surface area contributed by atoms with E-state index < -0.39 is 0 Å². The molecule has 0 spiro atoms. The average molecular weight is 503 g/mol. The minimum Gasteiger partial charge on any atom is -0.366 e. The smallest absolute Gasteiger partial charge is 0.155 e. The van der Waals surface area contributed by atoms with Crippen molar-refractivity contribution in [1.82, 2.24) is 20.1 Å².